The average molecular weight is 364 g/mol. The van der Waals surface area contributed by atoms with Crippen molar-refractivity contribution >= 4 is 37.2 Å². The number of rotatable bonds is 4. The van der Waals surface area contributed by atoms with E-state index in [2.05, 4.69) is 0 Å². The maximum atomic E-state index is 12.4. The van der Waals surface area contributed by atoms with Gasteiger partial charge >= 0.3 is 6.18 Å². The van der Waals surface area contributed by atoms with E-state index in [0.29, 0.717) is 4.90 Å². The van der Waals surface area contributed by atoms with Gasteiger partial charge in [0.15, 0.2) is 0 Å². The number of alkyl halides is 3. The summed E-state index contributed by atoms with van der Waals surface area (Å²) in [4.78, 5) is 12.1. The Morgan fingerprint density at radius 2 is 1.90 bits per heavy atom. The molecular weight excluding hydrogens is 354 g/mol. The number of amides is 1. The van der Waals surface area contributed by atoms with Crippen LogP contribution in [0, 0.1) is 0 Å². The molecule has 21 heavy (non-hydrogen) atoms. The first-order chi connectivity index (χ1) is 9.45. The molecule has 0 N–H and O–H groups in total. The van der Waals surface area contributed by atoms with E-state index in [1.165, 1.54) is 6.92 Å². The largest absolute Gasteiger partial charge is 0.406 e. The van der Waals surface area contributed by atoms with Crippen LogP contribution in [0.15, 0.2) is 23.1 Å². The quantitative estimate of drug-likeness (QED) is 0.771. The van der Waals surface area contributed by atoms with E-state index in [-0.39, 0.29) is 17.1 Å². The molecule has 10 heteroatoms. The minimum absolute atomic E-state index is 0.162. The van der Waals surface area contributed by atoms with Crippen molar-refractivity contribution in [3.8, 4) is 0 Å². The Morgan fingerprint density at radius 3 is 2.33 bits per heavy atom. The van der Waals surface area contributed by atoms with Gasteiger partial charge in [-0.2, -0.15) is 13.2 Å². The van der Waals surface area contributed by atoms with Gasteiger partial charge in [-0.3, -0.25) is 4.79 Å². The van der Waals surface area contributed by atoms with Crippen LogP contribution in [0.5, 0.6) is 0 Å². The molecule has 0 radical (unpaired) electrons. The zero-order valence-electron chi connectivity index (χ0n) is 10.6. The number of carbonyl (C=O) groups excluding carboxylic acids is 1. The first kappa shape index (κ1) is 18.1. The number of halogens is 5. The van der Waals surface area contributed by atoms with Gasteiger partial charge < -0.3 is 4.90 Å². The van der Waals surface area contributed by atoms with Gasteiger partial charge in [-0.25, -0.2) is 8.42 Å². The average Bonchev–Trinajstić information content (AvgIpc) is 2.33. The normalized spacial score (nSPS) is 12.3. The molecular formula is C11H10Cl2F3NO3S. The molecule has 1 amide bonds. The fraction of sp³-hybridized carbons (Fsp3) is 0.364. The number of benzene rings is 1. The molecule has 0 aliphatic carbocycles. The number of nitrogens with zero attached hydrogens (tertiary/aromatic N) is 1. The van der Waals surface area contributed by atoms with Gasteiger partial charge in [-0.15, -0.1) is 0 Å². The van der Waals surface area contributed by atoms with Crippen molar-refractivity contribution in [3.05, 3.63) is 28.8 Å². The summed E-state index contributed by atoms with van der Waals surface area (Å²) in [6.45, 7) is -0.317. The van der Waals surface area contributed by atoms with Crippen molar-refractivity contribution in [2.75, 3.05) is 13.1 Å². The summed E-state index contributed by atoms with van der Waals surface area (Å²) in [5.74, 6) is -1.03. The third-order valence-electron chi connectivity index (χ3n) is 2.49. The van der Waals surface area contributed by atoms with Crippen molar-refractivity contribution in [3.63, 3.8) is 0 Å². The molecule has 118 valence electrons. The van der Waals surface area contributed by atoms with Crippen molar-refractivity contribution in [1.82, 2.24) is 4.90 Å². The predicted molar refractivity (Wildman–Crippen MR) is 72.1 cm³/mol. The molecule has 0 unspecified atom stereocenters. The lowest BCUT2D eigenvalue weighted by Gasteiger charge is -2.22. The third kappa shape index (κ3) is 5.05. The Balaban J connectivity index is 3.22. The van der Waals surface area contributed by atoms with Gasteiger partial charge in [0.05, 0.1) is 15.5 Å². The highest BCUT2D eigenvalue weighted by atomic mass is 35.7. The topological polar surface area (TPSA) is 54.5 Å². The Kier molecular flexibility index (Phi) is 5.51. The van der Waals surface area contributed by atoms with Gasteiger partial charge in [0.1, 0.15) is 6.54 Å². The van der Waals surface area contributed by atoms with Crippen LogP contribution in [0.3, 0.4) is 0 Å². The SMILES string of the molecule is CCN(CC(F)(F)F)C(=O)c1cc(S(=O)(=O)Cl)ccc1Cl. The lowest BCUT2D eigenvalue weighted by Crippen LogP contribution is -2.38. The Labute approximate surface area is 128 Å². The fourth-order valence-electron chi connectivity index (χ4n) is 1.53. The minimum Gasteiger partial charge on any atom is -0.330 e. The molecule has 0 aliphatic heterocycles. The Hall–Kier alpha value is -0.990. The zero-order chi connectivity index (χ0) is 16.4. The van der Waals surface area contributed by atoms with E-state index in [9.17, 15) is 26.4 Å². The van der Waals surface area contributed by atoms with Crippen LogP contribution in [-0.2, 0) is 9.05 Å². The summed E-state index contributed by atoms with van der Waals surface area (Å²) < 4.78 is 59.6. The van der Waals surface area contributed by atoms with E-state index in [0.717, 1.165) is 18.2 Å². The summed E-state index contributed by atoms with van der Waals surface area (Å²) >= 11 is 5.75. The predicted octanol–water partition coefficient (Wildman–Crippen LogP) is 3.29. The highest BCUT2D eigenvalue weighted by Gasteiger charge is 2.33. The van der Waals surface area contributed by atoms with Crippen molar-refractivity contribution in [1.29, 1.82) is 0 Å². The van der Waals surface area contributed by atoms with Crippen LogP contribution < -0.4 is 0 Å². The van der Waals surface area contributed by atoms with Crippen LogP contribution in [0.1, 0.15) is 17.3 Å². The van der Waals surface area contributed by atoms with Crippen molar-refractivity contribution in [2.24, 2.45) is 0 Å². The third-order valence-corrected chi connectivity index (χ3v) is 4.17. The molecule has 0 saturated carbocycles. The van der Waals surface area contributed by atoms with Gasteiger partial charge in [0.25, 0.3) is 15.0 Å². The smallest absolute Gasteiger partial charge is 0.330 e. The van der Waals surface area contributed by atoms with Crippen molar-refractivity contribution in [2.45, 2.75) is 18.0 Å². The maximum absolute atomic E-state index is 12.4. The molecule has 1 aromatic carbocycles. The van der Waals surface area contributed by atoms with Crippen molar-refractivity contribution < 1.29 is 26.4 Å². The van der Waals surface area contributed by atoms with E-state index in [1.807, 2.05) is 0 Å². The van der Waals surface area contributed by atoms with Crippen LogP contribution in [-0.4, -0.2) is 38.5 Å². The van der Waals surface area contributed by atoms with E-state index in [1.54, 1.807) is 0 Å². The second kappa shape index (κ2) is 6.41. The lowest BCUT2D eigenvalue weighted by molar-refractivity contribution is -0.140. The number of hydrogen-bond donors (Lipinski definition) is 0. The first-order valence-corrected chi connectivity index (χ1v) is 8.24. The number of hydrogen-bond acceptors (Lipinski definition) is 3. The molecule has 4 nitrogen and oxygen atoms in total. The lowest BCUT2D eigenvalue weighted by atomic mass is 10.2. The summed E-state index contributed by atoms with van der Waals surface area (Å²) in [7, 11) is 1.01. The summed E-state index contributed by atoms with van der Waals surface area (Å²) in [5, 5.41) is -0.162. The highest BCUT2D eigenvalue weighted by molar-refractivity contribution is 8.13. The van der Waals surface area contributed by atoms with E-state index >= 15 is 0 Å². The molecule has 0 spiro atoms. The molecule has 0 aromatic heterocycles. The van der Waals surface area contributed by atoms with Crippen LogP contribution in [0.2, 0.25) is 5.02 Å². The van der Waals surface area contributed by atoms with E-state index < -0.39 is 32.6 Å². The molecule has 1 aromatic rings. The summed E-state index contributed by atoms with van der Waals surface area (Å²) in [5.41, 5.74) is -0.357. The molecule has 0 heterocycles. The highest BCUT2D eigenvalue weighted by Crippen LogP contribution is 2.25. The van der Waals surface area contributed by atoms with Crippen LogP contribution >= 0.6 is 22.3 Å². The molecule has 0 saturated heterocycles. The van der Waals surface area contributed by atoms with E-state index in [4.69, 9.17) is 22.3 Å². The standard InChI is InChI=1S/C11H10Cl2F3NO3S/c1-2-17(6-11(14,15)16)10(18)8-5-7(21(13,19)20)3-4-9(8)12/h3-5H,2,6H2,1H3. The summed E-state index contributed by atoms with van der Waals surface area (Å²) in [6, 6.07) is 3.00. The monoisotopic (exact) mass is 363 g/mol. The number of carbonyl (C=O) groups is 1. The molecule has 0 bridgehead atoms. The van der Waals surface area contributed by atoms with Gasteiger partial charge in [0.2, 0.25) is 0 Å². The Morgan fingerprint density at radius 1 is 1.33 bits per heavy atom. The molecule has 1 rings (SSSR count). The zero-order valence-corrected chi connectivity index (χ0v) is 12.9. The van der Waals surface area contributed by atoms with Crippen LogP contribution in [0.4, 0.5) is 13.2 Å². The second-order valence-corrected chi connectivity index (χ2v) is 6.99. The second-order valence-electron chi connectivity index (χ2n) is 4.01. The maximum Gasteiger partial charge on any atom is 0.406 e. The van der Waals surface area contributed by atoms with Gasteiger partial charge in [0, 0.05) is 17.2 Å². The van der Waals surface area contributed by atoms with Crippen LogP contribution in [0.25, 0.3) is 0 Å². The van der Waals surface area contributed by atoms with Gasteiger partial charge in [-0.1, -0.05) is 11.6 Å². The molecule has 0 atom stereocenters. The fourth-order valence-corrected chi connectivity index (χ4v) is 2.51. The summed E-state index contributed by atoms with van der Waals surface area (Å²) in [6.07, 6.45) is -4.58. The van der Waals surface area contributed by atoms with Gasteiger partial charge in [-0.05, 0) is 25.1 Å². The molecule has 0 fully saturated rings. The molecule has 0 aliphatic rings. The Bertz CT molecular complexity index is 647. The minimum atomic E-state index is -4.58. The first-order valence-electron chi connectivity index (χ1n) is 5.56.